The number of carbonyl (C=O) groups excluding carboxylic acids is 4. The molecule has 1 saturated heterocycles. The second-order valence-electron chi connectivity index (χ2n) is 14.3. The highest BCUT2D eigenvalue weighted by Gasteiger charge is 2.38. The number of piperidine rings is 1. The minimum absolute atomic E-state index is 0.0149. The Kier molecular flexibility index (Phi) is 16.8. The van der Waals surface area contributed by atoms with E-state index in [1.807, 2.05) is 39.6 Å². The van der Waals surface area contributed by atoms with E-state index in [9.17, 15) is 33.5 Å². The summed E-state index contributed by atoms with van der Waals surface area (Å²) in [5.41, 5.74) is 0.739. The Balaban J connectivity index is 1.80. The van der Waals surface area contributed by atoms with Crippen molar-refractivity contribution in [2.45, 2.75) is 104 Å². The molecule has 3 amide bonds. The number of benzene rings is 1. The van der Waals surface area contributed by atoms with E-state index in [1.54, 1.807) is 31.1 Å². The molecule has 0 spiro atoms. The van der Waals surface area contributed by atoms with Crippen LogP contribution in [0.2, 0.25) is 0 Å². The van der Waals surface area contributed by atoms with Crippen LogP contribution in [0.4, 0.5) is 4.39 Å². The van der Waals surface area contributed by atoms with Crippen LogP contribution in [0.1, 0.15) is 99.0 Å². The van der Waals surface area contributed by atoms with E-state index in [0.717, 1.165) is 42.7 Å². The van der Waals surface area contributed by atoms with Crippen LogP contribution in [0.25, 0.3) is 0 Å². The van der Waals surface area contributed by atoms with Gasteiger partial charge in [-0.2, -0.15) is 0 Å². The molecule has 288 valence electrons. The molecule has 1 aliphatic rings. The number of likely N-dealkylation sites (N-methyl/N-ethyl adjacent to an activating group) is 1. The number of carboxylic acids is 1. The Morgan fingerprint density at radius 1 is 1.10 bits per heavy atom. The molecular weight excluding hydrogens is 690 g/mol. The average Bonchev–Trinajstić information content (AvgIpc) is 3.61. The molecule has 2 heterocycles. The van der Waals surface area contributed by atoms with Crippen molar-refractivity contribution in [2.24, 2.45) is 17.8 Å². The molecule has 0 aliphatic carbocycles. The number of likely N-dealkylation sites (tertiary alicyclic amines) is 1. The first-order chi connectivity index (χ1) is 24.7. The number of Topliss-reactive ketones (excluding diaryl/α,β-unsaturated/α-hetero) is 1. The lowest BCUT2D eigenvalue weighted by atomic mass is 9.92. The van der Waals surface area contributed by atoms with Crippen molar-refractivity contribution in [3.8, 4) is 0 Å². The van der Waals surface area contributed by atoms with E-state index in [1.165, 1.54) is 17.5 Å². The molecule has 1 aliphatic heterocycles. The first-order valence-corrected chi connectivity index (χ1v) is 19.1. The average molecular weight is 746 g/mol. The number of rotatable bonds is 20. The van der Waals surface area contributed by atoms with Crippen molar-refractivity contribution < 1.29 is 38.2 Å². The molecule has 14 heteroatoms. The number of aliphatic carboxylic acids is 1. The number of thiazole rings is 1. The normalized spacial score (nSPS) is 17.8. The van der Waals surface area contributed by atoms with Crippen LogP contribution in [0.5, 0.6) is 0 Å². The maximum absolute atomic E-state index is 14.4. The number of halogens is 1. The fraction of sp³-hybridized carbons (Fsp3) is 0.632. The Labute approximate surface area is 310 Å². The highest BCUT2D eigenvalue weighted by molar-refractivity contribution is 7.12. The molecule has 6 atom stereocenters. The Bertz CT molecular complexity index is 1500. The summed E-state index contributed by atoms with van der Waals surface area (Å²) in [7, 11) is 3.47. The molecule has 6 unspecified atom stereocenters. The summed E-state index contributed by atoms with van der Waals surface area (Å²) in [6, 6.07) is 3.54. The van der Waals surface area contributed by atoms with Crippen molar-refractivity contribution in [1.29, 1.82) is 0 Å². The standard InChI is InChI=1S/C38H56FN5O7S/c1-8-24(4)33(42-35(47)30-11-9-10-16-43(30)6)37(48)44(17-18-51-7)31(23(2)3)21-32(45)36-41-29(22-52-36)34(46)40-28(19-25(5)38(49)50)20-26-12-14-27(39)15-13-26/h12-15,22-25,28,30-31,33H,8-11,16-21H2,1-7H3,(H,40,46)(H,42,47)(H,49,50). The lowest BCUT2D eigenvalue weighted by Crippen LogP contribution is -2.59. The zero-order valence-electron chi connectivity index (χ0n) is 31.5. The van der Waals surface area contributed by atoms with Crippen molar-refractivity contribution >= 4 is 40.8 Å². The fourth-order valence-corrected chi connectivity index (χ4v) is 7.27. The summed E-state index contributed by atoms with van der Waals surface area (Å²) in [6.45, 7) is 10.6. The quantitative estimate of drug-likeness (QED) is 0.162. The number of ketones is 1. The Hall–Kier alpha value is -3.75. The number of nitrogens with one attached hydrogen (secondary N) is 2. The van der Waals surface area contributed by atoms with Gasteiger partial charge in [0.1, 0.15) is 17.6 Å². The van der Waals surface area contributed by atoms with E-state index in [4.69, 9.17) is 4.74 Å². The highest BCUT2D eigenvalue weighted by atomic mass is 32.1. The van der Waals surface area contributed by atoms with Gasteiger partial charge in [0.25, 0.3) is 5.91 Å². The van der Waals surface area contributed by atoms with Gasteiger partial charge in [0.15, 0.2) is 10.8 Å². The molecule has 1 aromatic carbocycles. The maximum Gasteiger partial charge on any atom is 0.306 e. The molecule has 0 radical (unpaired) electrons. The third-order valence-electron chi connectivity index (χ3n) is 10.00. The summed E-state index contributed by atoms with van der Waals surface area (Å²) in [5.74, 6) is -3.82. The molecule has 52 heavy (non-hydrogen) atoms. The molecule has 3 N–H and O–H groups in total. The van der Waals surface area contributed by atoms with Crippen molar-refractivity contribution in [1.82, 2.24) is 25.4 Å². The van der Waals surface area contributed by atoms with Gasteiger partial charge in [-0.15, -0.1) is 11.3 Å². The number of ether oxygens (including phenoxy) is 1. The van der Waals surface area contributed by atoms with E-state index in [2.05, 4.69) is 15.6 Å². The van der Waals surface area contributed by atoms with Crippen LogP contribution in [0.15, 0.2) is 29.6 Å². The van der Waals surface area contributed by atoms with E-state index in [-0.39, 0.29) is 78.6 Å². The van der Waals surface area contributed by atoms with Gasteiger partial charge in [0.05, 0.1) is 18.6 Å². The predicted molar refractivity (Wildman–Crippen MR) is 198 cm³/mol. The predicted octanol–water partition coefficient (Wildman–Crippen LogP) is 4.82. The monoisotopic (exact) mass is 745 g/mol. The van der Waals surface area contributed by atoms with Gasteiger partial charge in [-0.25, -0.2) is 9.37 Å². The largest absolute Gasteiger partial charge is 0.481 e. The number of carbonyl (C=O) groups is 5. The third kappa shape index (κ3) is 12.2. The first-order valence-electron chi connectivity index (χ1n) is 18.2. The number of nitrogens with zero attached hydrogens (tertiary/aromatic N) is 3. The number of methoxy groups -OCH3 is 1. The third-order valence-corrected chi connectivity index (χ3v) is 10.9. The second kappa shape index (κ2) is 20.5. The summed E-state index contributed by atoms with van der Waals surface area (Å²) in [6.07, 6.45) is 3.70. The number of aromatic nitrogens is 1. The fourth-order valence-electron chi connectivity index (χ4n) is 6.52. The summed E-state index contributed by atoms with van der Waals surface area (Å²) >= 11 is 1.02. The Morgan fingerprint density at radius 3 is 2.38 bits per heavy atom. The molecular formula is C38H56FN5O7S. The molecule has 2 aromatic rings. The molecule has 3 rings (SSSR count). The van der Waals surface area contributed by atoms with E-state index < -0.39 is 41.7 Å². The van der Waals surface area contributed by atoms with Crippen molar-refractivity contribution in [3.63, 3.8) is 0 Å². The minimum Gasteiger partial charge on any atom is -0.481 e. The van der Waals surface area contributed by atoms with Crippen LogP contribution >= 0.6 is 11.3 Å². The van der Waals surface area contributed by atoms with Gasteiger partial charge in [0.2, 0.25) is 11.8 Å². The zero-order chi connectivity index (χ0) is 38.5. The van der Waals surface area contributed by atoms with Crippen molar-refractivity contribution in [2.75, 3.05) is 33.9 Å². The topological polar surface area (TPSA) is 158 Å². The van der Waals surface area contributed by atoms with E-state index >= 15 is 0 Å². The Morgan fingerprint density at radius 2 is 1.79 bits per heavy atom. The molecule has 12 nitrogen and oxygen atoms in total. The number of amides is 3. The lowest BCUT2D eigenvalue weighted by molar-refractivity contribution is -0.142. The van der Waals surface area contributed by atoms with Crippen molar-refractivity contribution in [3.05, 3.63) is 51.7 Å². The molecule has 0 saturated carbocycles. The van der Waals surface area contributed by atoms with Gasteiger partial charge >= 0.3 is 5.97 Å². The molecule has 1 aromatic heterocycles. The van der Waals surface area contributed by atoms with Crippen LogP contribution in [0, 0.1) is 23.6 Å². The highest BCUT2D eigenvalue weighted by Crippen LogP contribution is 2.24. The van der Waals surface area contributed by atoms with Gasteiger partial charge in [-0.1, -0.05) is 59.6 Å². The first kappa shape index (κ1) is 42.7. The van der Waals surface area contributed by atoms with Crippen LogP contribution in [0.3, 0.4) is 0 Å². The van der Waals surface area contributed by atoms with Gasteiger partial charge in [0, 0.05) is 37.5 Å². The second-order valence-corrected chi connectivity index (χ2v) is 15.2. The minimum atomic E-state index is -1.01. The number of carboxylic acid groups (broad SMARTS) is 1. The van der Waals surface area contributed by atoms with Crippen LogP contribution < -0.4 is 10.6 Å². The number of hydrogen-bond donors (Lipinski definition) is 3. The van der Waals surface area contributed by atoms with Gasteiger partial charge in [-0.05, 0) is 68.8 Å². The summed E-state index contributed by atoms with van der Waals surface area (Å²) < 4.78 is 18.8. The maximum atomic E-state index is 14.4. The van der Waals surface area contributed by atoms with Crippen LogP contribution in [-0.4, -0.2) is 107 Å². The van der Waals surface area contributed by atoms with Gasteiger partial charge in [-0.3, -0.25) is 28.9 Å². The van der Waals surface area contributed by atoms with Gasteiger partial charge < -0.3 is 25.4 Å². The zero-order valence-corrected chi connectivity index (χ0v) is 32.3. The lowest BCUT2D eigenvalue weighted by Gasteiger charge is -2.39. The number of hydrogen-bond acceptors (Lipinski definition) is 9. The van der Waals surface area contributed by atoms with E-state index in [0.29, 0.717) is 6.42 Å². The smallest absolute Gasteiger partial charge is 0.306 e. The van der Waals surface area contributed by atoms with Crippen LogP contribution in [-0.2, 0) is 25.5 Å². The SMILES string of the molecule is CCC(C)C(NC(=O)C1CCCCN1C)C(=O)N(CCOC)C(CC(=O)c1nc(C(=O)NC(Cc2ccc(F)cc2)CC(C)C(=O)O)cs1)C(C)C. The molecule has 0 bridgehead atoms. The molecule has 1 fully saturated rings. The summed E-state index contributed by atoms with van der Waals surface area (Å²) in [4.78, 5) is 74.6. The summed E-state index contributed by atoms with van der Waals surface area (Å²) in [5, 5.41) is 17.0.